The molecule has 0 saturated carbocycles. The number of phosphoric acid groups is 1. The van der Waals surface area contributed by atoms with Gasteiger partial charge in [0.15, 0.2) is 6.10 Å². The van der Waals surface area contributed by atoms with Gasteiger partial charge in [0.2, 0.25) is 0 Å². The molecule has 0 aromatic carbocycles. The Labute approximate surface area is 465 Å². The van der Waals surface area contributed by atoms with Crippen LogP contribution in [0.4, 0.5) is 0 Å². The number of hydrogen-bond donors (Lipinski definition) is 2. The van der Waals surface area contributed by atoms with Crippen molar-refractivity contribution in [1.29, 1.82) is 0 Å². The molecular weight excluding hydrogens is 976 g/mol. The Hall–Kier alpha value is -3.08. The number of aliphatic hydroxyl groups is 1. The smallest absolute Gasteiger partial charge is 0.462 e. The highest BCUT2D eigenvalue weighted by molar-refractivity contribution is 7.47. The summed E-state index contributed by atoms with van der Waals surface area (Å²) in [5.41, 5.74) is 0. The summed E-state index contributed by atoms with van der Waals surface area (Å²) in [6, 6.07) is 0. The van der Waals surface area contributed by atoms with Crippen LogP contribution in [0.25, 0.3) is 0 Å². The molecule has 0 aliphatic rings. The van der Waals surface area contributed by atoms with Gasteiger partial charge in [-0.25, -0.2) is 4.57 Å². The molecule has 76 heavy (non-hydrogen) atoms. The van der Waals surface area contributed by atoms with E-state index in [2.05, 4.69) is 93.7 Å². The van der Waals surface area contributed by atoms with E-state index in [9.17, 15) is 28.9 Å². The highest BCUT2D eigenvalue weighted by atomic mass is 31.2. The van der Waals surface area contributed by atoms with Crippen LogP contribution >= 0.6 is 7.82 Å². The van der Waals surface area contributed by atoms with Gasteiger partial charge in [-0.2, -0.15) is 0 Å². The van der Waals surface area contributed by atoms with Gasteiger partial charge in [0.05, 0.1) is 19.8 Å². The summed E-state index contributed by atoms with van der Waals surface area (Å²) in [5.74, 6) is -1.50. The number of ether oxygens (including phenoxy) is 3. The first-order valence-electron chi connectivity index (χ1n) is 30.8. The van der Waals surface area contributed by atoms with E-state index in [0.717, 1.165) is 135 Å². The van der Waals surface area contributed by atoms with Crippen molar-refractivity contribution in [3.05, 3.63) is 72.9 Å². The third-order valence-corrected chi connectivity index (χ3v) is 14.0. The van der Waals surface area contributed by atoms with E-state index in [1.54, 1.807) is 0 Å². The van der Waals surface area contributed by atoms with Gasteiger partial charge in [-0.05, 0) is 116 Å². The zero-order chi connectivity index (χ0) is 55.5. The molecule has 0 aromatic heterocycles. The van der Waals surface area contributed by atoms with Crippen molar-refractivity contribution < 1.29 is 52.2 Å². The molecule has 0 amide bonds. The Bertz CT molecular complexity index is 1550. The SMILES string of the molecule is CCCCC/C=C\C/C=C\C/C=C\CCCCCCCCC(=O)OCC(COP(=O)(O)OCC(CO)OC(=O)CCCCCCC/C=C\CCCCCCCC)OC(=O)CCCCCCC/C=C\C/C=C\CCCCC. The maximum Gasteiger partial charge on any atom is 0.472 e. The summed E-state index contributed by atoms with van der Waals surface area (Å²) in [7, 11) is -4.76. The fraction of sp³-hybridized carbons (Fsp3) is 0.766. The van der Waals surface area contributed by atoms with E-state index in [1.165, 1.54) is 83.5 Å². The van der Waals surface area contributed by atoms with E-state index in [0.29, 0.717) is 19.3 Å². The second kappa shape index (κ2) is 58.1. The highest BCUT2D eigenvalue weighted by Crippen LogP contribution is 2.43. The zero-order valence-corrected chi connectivity index (χ0v) is 49.6. The van der Waals surface area contributed by atoms with Gasteiger partial charge in [0, 0.05) is 19.3 Å². The predicted molar refractivity (Wildman–Crippen MR) is 316 cm³/mol. The number of carbonyl (C=O) groups excluding carboxylic acids is 3. The lowest BCUT2D eigenvalue weighted by molar-refractivity contribution is -0.161. The molecule has 0 aromatic rings. The minimum atomic E-state index is -4.76. The predicted octanol–water partition coefficient (Wildman–Crippen LogP) is 18.5. The van der Waals surface area contributed by atoms with Crippen LogP contribution in [0.1, 0.15) is 278 Å². The van der Waals surface area contributed by atoms with E-state index < -0.39 is 57.8 Å². The van der Waals surface area contributed by atoms with Crippen molar-refractivity contribution >= 4 is 25.7 Å². The molecule has 0 fully saturated rings. The van der Waals surface area contributed by atoms with Crippen molar-refractivity contribution in [2.45, 2.75) is 290 Å². The number of rotatable bonds is 57. The molecule has 0 aliphatic carbocycles. The van der Waals surface area contributed by atoms with E-state index >= 15 is 0 Å². The molecule has 3 unspecified atom stereocenters. The molecule has 0 rings (SSSR count). The normalized spacial score (nSPS) is 13.8. The van der Waals surface area contributed by atoms with Crippen LogP contribution in [0.15, 0.2) is 72.9 Å². The molecule has 0 bridgehead atoms. The van der Waals surface area contributed by atoms with Crippen molar-refractivity contribution in [3.8, 4) is 0 Å². The summed E-state index contributed by atoms with van der Waals surface area (Å²) in [4.78, 5) is 48.6. The van der Waals surface area contributed by atoms with Crippen molar-refractivity contribution in [3.63, 3.8) is 0 Å². The number of allylic oxidation sites excluding steroid dienone is 12. The van der Waals surface area contributed by atoms with Crippen LogP contribution in [0.5, 0.6) is 0 Å². The van der Waals surface area contributed by atoms with E-state index in [-0.39, 0.29) is 25.9 Å². The van der Waals surface area contributed by atoms with Crippen LogP contribution in [-0.2, 0) is 42.2 Å². The zero-order valence-electron chi connectivity index (χ0n) is 48.7. The molecule has 12 heteroatoms. The highest BCUT2D eigenvalue weighted by Gasteiger charge is 2.28. The monoisotopic (exact) mass is 1090 g/mol. The quantitative estimate of drug-likeness (QED) is 0.0197. The summed E-state index contributed by atoms with van der Waals surface area (Å²) >= 11 is 0. The fourth-order valence-electron chi connectivity index (χ4n) is 8.33. The molecule has 0 saturated heterocycles. The van der Waals surface area contributed by atoms with E-state index in [1.807, 2.05) is 0 Å². The number of phosphoric ester groups is 1. The number of esters is 3. The van der Waals surface area contributed by atoms with Gasteiger partial charge in [0.1, 0.15) is 12.7 Å². The molecule has 0 spiro atoms. The Morgan fingerprint density at radius 3 is 1.03 bits per heavy atom. The van der Waals surface area contributed by atoms with Gasteiger partial charge in [-0.3, -0.25) is 23.4 Å². The minimum absolute atomic E-state index is 0.147. The maximum absolute atomic E-state index is 12.9. The van der Waals surface area contributed by atoms with Gasteiger partial charge in [-0.15, -0.1) is 0 Å². The molecule has 0 heterocycles. The Balaban J connectivity index is 4.74. The second-order valence-electron chi connectivity index (χ2n) is 20.5. The standard InChI is InChI=1S/C64H113O11P/c1-4-7-10-13-16-19-22-25-28-29-30-31-34-35-38-41-44-47-50-53-62(66)71-57-61(75-64(68)55-52-49-46-43-40-37-33-27-24-21-18-15-12-9-6-3)59-73-76(69,70)72-58-60(56-65)74-63(67)54-51-48-45-42-39-36-32-26-23-20-17-14-11-8-5-2/h16,18-19,21,25-28,30-33,60-61,65H,4-15,17,20,22-24,29,34-59H2,1-3H3,(H,69,70)/b19-16-,21-18-,28-25-,31-30-,32-26-,33-27-. The van der Waals surface area contributed by atoms with Gasteiger partial charge >= 0.3 is 25.7 Å². The summed E-state index contributed by atoms with van der Waals surface area (Å²) in [6.45, 7) is 4.57. The van der Waals surface area contributed by atoms with Crippen molar-refractivity contribution in [2.24, 2.45) is 0 Å². The number of carbonyl (C=O) groups is 3. The van der Waals surface area contributed by atoms with Gasteiger partial charge < -0.3 is 24.2 Å². The molecule has 2 N–H and O–H groups in total. The first-order valence-corrected chi connectivity index (χ1v) is 32.3. The Kier molecular flexibility index (Phi) is 55.7. The fourth-order valence-corrected chi connectivity index (χ4v) is 9.11. The summed E-state index contributed by atoms with van der Waals surface area (Å²) in [5, 5.41) is 9.83. The molecular formula is C64H113O11P. The molecule has 0 aliphatic heterocycles. The van der Waals surface area contributed by atoms with Crippen LogP contribution in [-0.4, -0.2) is 66.5 Å². The van der Waals surface area contributed by atoms with Crippen molar-refractivity contribution in [2.75, 3.05) is 26.4 Å². The van der Waals surface area contributed by atoms with Crippen LogP contribution in [0.2, 0.25) is 0 Å². The topological polar surface area (TPSA) is 155 Å². The maximum atomic E-state index is 12.9. The third kappa shape index (κ3) is 55.7. The van der Waals surface area contributed by atoms with Gasteiger partial charge in [0.25, 0.3) is 0 Å². The van der Waals surface area contributed by atoms with Crippen LogP contribution < -0.4 is 0 Å². The third-order valence-electron chi connectivity index (χ3n) is 13.1. The van der Waals surface area contributed by atoms with Crippen LogP contribution in [0, 0.1) is 0 Å². The van der Waals surface area contributed by atoms with Crippen molar-refractivity contribution in [1.82, 2.24) is 0 Å². The lowest BCUT2D eigenvalue weighted by Crippen LogP contribution is -2.30. The average molecular weight is 1090 g/mol. The average Bonchev–Trinajstić information content (AvgIpc) is 3.41. The number of aliphatic hydroxyl groups excluding tert-OH is 1. The lowest BCUT2D eigenvalue weighted by Gasteiger charge is -2.21. The first kappa shape index (κ1) is 72.9. The summed E-state index contributed by atoms with van der Waals surface area (Å²) < 4.78 is 39.6. The minimum Gasteiger partial charge on any atom is -0.462 e. The van der Waals surface area contributed by atoms with E-state index in [4.69, 9.17) is 23.3 Å². The second-order valence-corrected chi connectivity index (χ2v) is 22.0. The van der Waals surface area contributed by atoms with Crippen LogP contribution in [0.3, 0.4) is 0 Å². The Morgan fingerprint density at radius 2 is 0.645 bits per heavy atom. The number of hydrogen-bond acceptors (Lipinski definition) is 10. The lowest BCUT2D eigenvalue weighted by atomic mass is 10.1. The molecule has 3 atom stereocenters. The number of unbranched alkanes of at least 4 members (excludes halogenated alkanes) is 28. The van der Waals surface area contributed by atoms with Gasteiger partial charge in [-0.1, -0.05) is 216 Å². The Morgan fingerprint density at radius 1 is 0.368 bits per heavy atom. The molecule has 0 radical (unpaired) electrons. The molecule has 11 nitrogen and oxygen atoms in total. The molecule has 440 valence electrons. The first-order chi connectivity index (χ1) is 37.2. The summed E-state index contributed by atoms with van der Waals surface area (Å²) in [6.07, 6.45) is 65.6. The largest absolute Gasteiger partial charge is 0.472 e.